The van der Waals surface area contributed by atoms with Crippen molar-refractivity contribution < 1.29 is 9.47 Å². The van der Waals surface area contributed by atoms with E-state index in [1.165, 1.54) is 141 Å². The van der Waals surface area contributed by atoms with E-state index in [1.807, 2.05) is 0 Å². The second-order valence-corrected chi connectivity index (χ2v) is 13.6. The van der Waals surface area contributed by atoms with Gasteiger partial charge in [0, 0.05) is 19.8 Å². The molecule has 0 aliphatic rings. The molecule has 0 amide bonds. The molecule has 0 aromatic rings. The van der Waals surface area contributed by atoms with Crippen LogP contribution in [-0.4, -0.2) is 50.5 Å². The van der Waals surface area contributed by atoms with E-state index in [-0.39, 0.29) is 6.10 Å². The maximum absolute atomic E-state index is 6.36. The minimum atomic E-state index is 0.234. The van der Waals surface area contributed by atoms with Crippen LogP contribution in [0.25, 0.3) is 0 Å². The number of hydrogen-bond donors (Lipinski definition) is 0. The Morgan fingerprint density at radius 2 is 0.851 bits per heavy atom. The molecule has 47 heavy (non-hydrogen) atoms. The minimum Gasteiger partial charge on any atom is -0.379 e. The van der Waals surface area contributed by atoms with Crippen LogP contribution >= 0.6 is 0 Å². The first-order valence-electron chi connectivity index (χ1n) is 20.8. The fourth-order valence-corrected chi connectivity index (χ4v) is 5.83. The van der Waals surface area contributed by atoms with E-state index in [0.29, 0.717) is 0 Å². The zero-order valence-corrected chi connectivity index (χ0v) is 32.4. The lowest BCUT2D eigenvalue weighted by atomic mass is 10.1. The van der Waals surface area contributed by atoms with Crippen molar-refractivity contribution in [3.8, 4) is 0 Å². The third-order valence-corrected chi connectivity index (χ3v) is 9.15. The Morgan fingerprint density at radius 1 is 0.447 bits per heavy atom. The summed E-state index contributed by atoms with van der Waals surface area (Å²) in [6.45, 7) is 14.9. The zero-order chi connectivity index (χ0) is 34.1. The van der Waals surface area contributed by atoms with Gasteiger partial charge in [0.15, 0.2) is 0 Å². The Labute approximate surface area is 296 Å². The van der Waals surface area contributed by atoms with Crippen molar-refractivity contribution in [2.24, 2.45) is 0 Å². The highest BCUT2D eigenvalue weighted by Crippen LogP contribution is 2.12. The van der Waals surface area contributed by atoms with Crippen LogP contribution < -0.4 is 0 Å². The SMILES string of the molecule is CCCCC/C=C\C/C=C\CCCCCCCCOCC(CCN(CC)CC)OCCCCCCCC/C=C\C/C=C\CCCCC. The summed E-state index contributed by atoms with van der Waals surface area (Å²) in [5.41, 5.74) is 0. The summed E-state index contributed by atoms with van der Waals surface area (Å²) in [4.78, 5) is 2.50. The van der Waals surface area contributed by atoms with Crippen molar-refractivity contribution in [2.45, 2.75) is 194 Å². The molecular formula is C44H83NO2. The molecular weight excluding hydrogens is 574 g/mol. The molecule has 0 aromatic carbocycles. The molecule has 0 spiro atoms. The molecule has 0 rings (SSSR count). The summed E-state index contributed by atoms with van der Waals surface area (Å²) >= 11 is 0. The number of nitrogens with zero attached hydrogens (tertiary/aromatic N) is 1. The molecule has 0 aromatic heterocycles. The molecule has 1 unspecified atom stereocenters. The molecule has 0 saturated heterocycles. The topological polar surface area (TPSA) is 21.7 Å². The Kier molecular flexibility index (Phi) is 40.0. The van der Waals surface area contributed by atoms with Crippen LogP contribution in [0.3, 0.4) is 0 Å². The number of ether oxygens (including phenoxy) is 2. The highest BCUT2D eigenvalue weighted by atomic mass is 16.5. The highest BCUT2D eigenvalue weighted by Gasteiger charge is 2.11. The largest absolute Gasteiger partial charge is 0.379 e. The van der Waals surface area contributed by atoms with Gasteiger partial charge in [0.25, 0.3) is 0 Å². The quantitative estimate of drug-likeness (QED) is 0.0487. The molecule has 0 heterocycles. The average molecular weight is 658 g/mol. The van der Waals surface area contributed by atoms with Gasteiger partial charge in [-0.25, -0.2) is 0 Å². The molecule has 3 nitrogen and oxygen atoms in total. The van der Waals surface area contributed by atoms with Crippen molar-refractivity contribution in [3.05, 3.63) is 48.6 Å². The first-order valence-corrected chi connectivity index (χ1v) is 20.8. The molecule has 0 saturated carbocycles. The Bertz CT molecular complexity index is 693. The van der Waals surface area contributed by atoms with Crippen LogP contribution in [0, 0.1) is 0 Å². The van der Waals surface area contributed by atoms with Crippen molar-refractivity contribution in [3.63, 3.8) is 0 Å². The van der Waals surface area contributed by atoms with Crippen LogP contribution in [0.4, 0.5) is 0 Å². The molecule has 276 valence electrons. The van der Waals surface area contributed by atoms with Gasteiger partial charge in [0.1, 0.15) is 0 Å². The Morgan fingerprint density at radius 3 is 1.30 bits per heavy atom. The second kappa shape index (κ2) is 41.0. The lowest BCUT2D eigenvalue weighted by Gasteiger charge is -2.23. The Balaban J connectivity index is 3.82. The summed E-state index contributed by atoms with van der Waals surface area (Å²) in [5, 5.41) is 0. The van der Waals surface area contributed by atoms with Gasteiger partial charge in [-0.1, -0.05) is 153 Å². The van der Waals surface area contributed by atoms with Crippen molar-refractivity contribution >= 4 is 0 Å². The monoisotopic (exact) mass is 658 g/mol. The summed E-state index contributed by atoms with van der Waals surface area (Å²) in [7, 11) is 0. The lowest BCUT2D eigenvalue weighted by Crippen LogP contribution is -2.30. The Hall–Kier alpha value is -1.16. The van der Waals surface area contributed by atoms with E-state index >= 15 is 0 Å². The first-order chi connectivity index (χ1) is 23.3. The standard InChI is InChI=1S/C44H83NO2/c1-5-9-11-13-15-17-19-21-23-25-27-29-31-33-35-37-41-46-43-44(39-40-45(7-3)8-4)47-42-38-36-34-32-30-28-26-24-22-20-18-16-14-12-10-6-2/h15-18,21-24,44H,5-14,19-20,25-43H2,1-4H3/b17-15-,18-16-,23-21-,24-22-. The van der Waals surface area contributed by atoms with E-state index in [2.05, 4.69) is 81.2 Å². The summed E-state index contributed by atoms with van der Waals surface area (Å²) in [6, 6.07) is 0. The normalized spacial score (nSPS) is 13.1. The molecule has 3 heteroatoms. The van der Waals surface area contributed by atoms with Crippen LogP contribution in [0.2, 0.25) is 0 Å². The van der Waals surface area contributed by atoms with E-state index in [4.69, 9.17) is 9.47 Å². The predicted octanol–water partition coefficient (Wildman–Crippen LogP) is 13.7. The highest BCUT2D eigenvalue weighted by molar-refractivity contribution is 4.93. The average Bonchev–Trinajstić information content (AvgIpc) is 3.09. The van der Waals surface area contributed by atoms with Gasteiger partial charge in [-0.05, 0) is 96.6 Å². The third-order valence-electron chi connectivity index (χ3n) is 9.15. The van der Waals surface area contributed by atoms with Crippen molar-refractivity contribution in [1.29, 1.82) is 0 Å². The maximum atomic E-state index is 6.36. The van der Waals surface area contributed by atoms with E-state index in [1.54, 1.807) is 0 Å². The van der Waals surface area contributed by atoms with Crippen LogP contribution in [-0.2, 0) is 9.47 Å². The maximum Gasteiger partial charge on any atom is 0.0820 e. The van der Waals surface area contributed by atoms with Crippen molar-refractivity contribution in [2.75, 3.05) is 39.5 Å². The second-order valence-electron chi connectivity index (χ2n) is 13.6. The molecule has 0 N–H and O–H groups in total. The zero-order valence-electron chi connectivity index (χ0n) is 32.4. The van der Waals surface area contributed by atoms with Crippen LogP contribution in [0.15, 0.2) is 48.6 Å². The molecule has 0 aliphatic heterocycles. The van der Waals surface area contributed by atoms with E-state index < -0.39 is 0 Å². The predicted molar refractivity (Wildman–Crippen MR) is 212 cm³/mol. The molecule has 0 radical (unpaired) electrons. The third kappa shape index (κ3) is 37.5. The summed E-state index contributed by atoms with van der Waals surface area (Å²) in [5.74, 6) is 0. The molecule has 1 atom stereocenters. The van der Waals surface area contributed by atoms with Gasteiger partial charge in [0.05, 0.1) is 12.7 Å². The van der Waals surface area contributed by atoms with Gasteiger partial charge >= 0.3 is 0 Å². The summed E-state index contributed by atoms with van der Waals surface area (Å²) in [6.07, 6.45) is 51.0. The molecule has 0 fully saturated rings. The number of hydrogen-bond acceptors (Lipinski definition) is 3. The fraction of sp³-hybridized carbons (Fsp3) is 0.818. The van der Waals surface area contributed by atoms with Gasteiger partial charge < -0.3 is 14.4 Å². The van der Waals surface area contributed by atoms with Crippen LogP contribution in [0.5, 0.6) is 0 Å². The molecule has 0 aliphatic carbocycles. The smallest absolute Gasteiger partial charge is 0.0820 e. The van der Waals surface area contributed by atoms with Gasteiger partial charge in [-0.15, -0.1) is 0 Å². The van der Waals surface area contributed by atoms with E-state index in [9.17, 15) is 0 Å². The number of rotatable bonds is 38. The summed E-state index contributed by atoms with van der Waals surface area (Å²) < 4.78 is 12.5. The van der Waals surface area contributed by atoms with Crippen molar-refractivity contribution in [1.82, 2.24) is 4.90 Å². The number of allylic oxidation sites excluding steroid dienone is 8. The fourth-order valence-electron chi connectivity index (χ4n) is 5.83. The number of unbranched alkanes of at least 4 members (excludes halogenated alkanes) is 18. The van der Waals surface area contributed by atoms with Gasteiger partial charge in [-0.2, -0.15) is 0 Å². The van der Waals surface area contributed by atoms with Gasteiger partial charge in [0.2, 0.25) is 0 Å². The van der Waals surface area contributed by atoms with E-state index in [0.717, 1.165) is 58.7 Å². The first kappa shape index (κ1) is 45.8. The minimum absolute atomic E-state index is 0.234. The van der Waals surface area contributed by atoms with Gasteiger partial charge in [-0.3, -0.25) is 0 Å². The molecule has 0 bridgehead atoms. The lowest BCUT2D eigenvalue weighted by molar-refractivity contribution is -0.0259. The van der Waals surface area contributed by atoms with Crippen LogP contribution in [0.1, 0.15) is 188 Å².